The maximum absolute atomic E-state index is 2.47. The Morgan fingerprint density at radius 1 is 0.288 bits per heavy atom. The van der Waals surface area contributed by atoms with Gasteiger partial charge >= 0.3 is 0 Å². The number of fused-ring (bicyclic) bond motifs is 2. The molecule has 0 radical (unpaired) electrons. The van der Waals surface area contributed by atoms with Crippen molar-refractivity contribution < 1.29 is 0 Å². The molecule has 0 saturated carbocycles. The Morgan fingerprint density at radius 2 is 0.616 bits per heavy atom. The molecule has 0 fully saturated rings. The normalized spacial score (nSPS) is 12.6. The number of hydrogen-bond acceptors (Lipinski definition) is 5. The number of hydrogen-bond donors (Lipinski definition) is 0. The van der Waals surface area contributed by atoms with Crippen LogP contribution in [0.25, 0.3) is 0 Å². The SMILES string of the molecule is CN(c1ccccc1)c1cc(N(c2ccc(N(c3ccccc3)c3ccccc3)cc2)c2ccc(N(c3ccccc3)c3ccccc3)cc2)cc2c1C(c1ccccc1)c1ccccc1N2c1ccccc1. The highest BCUT2D eigenvalue weighted by molar-refractivity contribution is 5.95. The lowest BCUT2D eigenvalue weighted by Crippen LogP contribution is -2.26. The molecule has 73 heavy (non-hydrogen) atoms. The van der Waals surface area contributed by atoms with Gasteiger partial charge in [-0.05, 0) is 151 Å². The van der Waals surface area contributed by atoms with Crippen LogP contribution in [0.2, 0.25) is 0 Å². The smallest absolute Gasteiger partial charge is 0.0545 e. The zero-order valence-electron chi connectivity index (χ0n) is 40.6. The van der Waals surface area contributed by atoms with Crippen LogP contribution in [-0.4, -0.2) is 7.05 Å². The fourth-order valence-electron chi connectivity index (χ4n) is 10.5. The summed E-state index contributed by atoms with van der Waals surface area (Å²) in [6.07, 6.45) is 0. The molecule has 11 aromatic rings. The van der Waals surface area contributed by atoms with Crippen molar-refractivity contribution in [3.63, 3.8) is 0 Å². The topological polar surface area (TPSA) is 16.2 Å². The Kier molecular flexibility index (Phi) is 12.2. The van der Waals surface area contributed by atoms with E-state index in [4.69, 9.17) is 0 Å². The molecule has 0 N–H and O–H groups in total. The lowest BCUT2D eigenvalue weighted by Gasteiger charge is -2.41. The van der Waals surface area contributed by atoms with E-state index in [0.717, 1.165) is 79.6 Å². The van der Waals surface area contributed by atoms with Gasteiger partial charge in [0.05, 0.1) is 17.1 Å². The second-order valence-corrected chi connectivity index (χ2v) is 18.2. The third-order valence-electron chi connectivity index (χ3n) is 13.8. The Bertz CT molecular complexity index is 3360. The molecule has 0 spiro atoms. The molecule has 1 unspecified atom stereocenters. The van der Waals surface area contributed by atoms with Crippen LogP contribution >= 0.6 is 0 Å². The molecule has 350 valence electrons. The number of benzene rings is 11. The van der Waals surface area contributed by atoms with Crippen LogP contribution in [0.15, 0.2) is 297 Å². The summed E-state index contributed by atoms with van der Waals surface area (Å²) >= 11 is 0. The van der Waals surface area contributed by atoms with Gasteiger partial charge in [0.1, 0.15) is 0 Å². The van der Waals surface area contributed by atoms with E-state index >= 15 is 0 Å². The van der Waals surface area contributed by atoms with Crippen molar-refractivity contribution >= 4 is 79.6 Å². The summed E-state index contributed by atoms with van der Waals surface area (Å²) < 4.78 is 0. The fraction of sp³-hybridized carbons (Fsp3) is 0.0294. The average Bonchev–Trinajstić information content (AvgIpc) is 3.47. The van der Waals surface area contributed by atoms with Crippen molar-refractivity contribution in [2.24, 2.45) is 0 Å². The van der Waals surface area contributed by atoms with Gasteiger partial charge in [0.2, 0.25) is 0 Å². The third kappa shape index (κ3) is 8.75. The van der Waals surface area contributed by atoms with Crippen LogP contribution in [0.3, 0.4) is 0 Å². The minimum absolute atomic E-state index is 0.0569. The van der Waals surface area contributed by atoms with Crippen molar-refractivity contribution in [2.75, 3.05) is 31.5 Å². The van der Waals surface area contributed by atoms with E-state index in [1.54, 1.807) is 0 Å². The lowest BCUT2D eigenvalue weighted by molar-refractivity contribution is 0.930. The molecule has 5 heteroatoms. The number of rotatable bonds is 13. The largest absolute Gasteiger partial charge is 0.344 e. The van der Waals surface area contributed by atoms with E-state index in [1.165, 1.54) is 16.7 Å². The van der Waals surface area contributed by atoms with Gasteiger partial charge in [0.15, 0.2) is 0 Å². The molecule has 1 aliphatic rings. The number of anilines is 14. The summed E-state index contributed by atoms with van der Waals surface area (Å²) in [6, 6.07) is 107. The molecule has 1 heterocycles. The van der Waals surface area contributed by atoms with Gasteiger partial charge in [-0.15, -0.1) is 0 Å². The summed E-state index contributed by atoms with van der Waals surface area (Å²) in [6.45, 7) is 0. The molecule has 0 amide bonds. The Labute approximate surface area is 429 Å². The van der Waals surface area contributed by atoms with Crippen molar-refractivity contribution in [3.8, 4) is 0 Å². The molecule has 1 aliphatic heterocycles. The van der Waals surface area contributed by atoms with Gasteiger partial charge in [-0.1, -0.05) is 158 Å². The fourth-order valence-corrected chi connectivity index (χ4v) is 10.5. The summed E-state index contributed by atoms with van der Waals surface area (Å²) in [5.74, 6) is -0.0569. The second-order valence-electron chi connectivity index (χ2n) is 18.2. The van der Waals surface area contributed by atoms with Crippen LogP contribution in [0.5, 0.6) is 0 Å². The predicted octanol–water partition coefficient (Wildman–Crippen LogP) is 18.8. The highest BCUT2D eigenvalue weighted by Crippen LogP contribution is 2.57. The van der Waals surface area contributed by atoms with Crippen LogP contribution < -0.4 is 24.5 Å². The quantitative estimate of drug-likeness (QED) is 0.114. The van der Waals surface area contributed by atoms with E-state index in [9.17, 15) is 0 Å². The van der Waals surface area contributed by atoms with Gasteiger partial charge < -0.3 is 24.5 Å². The Morgan fingerprint density at radius 3 is 1.04 bits per heavy atom. The maximum Gasteiger partial charge on any atom is 0.0545 e. The molecule has 5 nitrogen and oxygen atoms in total. The van der Waals surface area contributed by atoms with Crippen molar-refractivity contribution in [1.29, 1.82) is 0 Å². The Balaban J connectivity index is 1.10. The molecule has 0 aromatic heterocycles. The molecule has 12 rings (SSSR count). The van der Waals surface area contributed by atoms with Crippen molar-refractivity contribution in [2.45, 2.75) is 5.92 Å². The van der Waals surface area contributed by atoms with Crippen LogP contribution in [-0.2, 0) is 0 Å². The molecule has 0 aliphatic carbocycles. The maximum atomic E-state index is 2.47. The van der Waals surface area contributed by atoms with Crippen LogP contribution in [0.1, 0.15) is 22.6 Å². The van der Waals surface area contributed by atoms with Gasteiger partial charge in [0, 0.05) is 81.1 Å². The lowest BCUT2D eigenvalue weighted by atomic mass is 9.78. The van der Waals surface area contributed by atoms with Crippen molar-refractivity contribution in [3.05, 3.63) is 314 Å². The van der Waals surface area contributed by atoms with E-state index in [0.29, 0.717) is 0 Å². The van der Waals surface area contributed by atoms with E-state index in [2.05, 4.69) is 329 Å². The van der Waals surface area contributed by atoms with Gasteiger partial charge in [-0.3, -0.25) is 0 Å². The molecule has 1 atom stereocenters. The predicted molar refractivity (Wildman–Crippen MR) is 307 cm³/mol. The highest BCUT2D eigenvalue weighted by atomic mass is 15.2. The zero-order valence-corrected chi connectivity index (χ0v) is 40.6. The highest BCUT2D eigenvalue weighted by Gasteiger charge is 2.36. The zero-order chi connectivity index (χ0) is 48.9. The molecule has 11 aromatic carbocycles. The Hall–Kier alpha value is -9.58. The van der Waals surface area contributed by atoms with E-state index < -0.39 is 0 Å². The van der Waals surface area contributed by atoms with Gasteiger partial charge in [-0.25, -0.2) is 0 Å². The summed E-state index contributed by atoms with van der Waals surface area (Å²) in [4.78, 5) is 11.9. The monoisotopic (exact) mass is 939 g/mol. The van der Waals surface area contributed by atoms with E-state index in [-0.39, 0.29) is 5.92 Å². The summed E-state index contributed by atoms with van der Waals surface area (Å²) in [5, 5.41) is 0. The minimum atomic E-state index is -0.0569. The minimum Gasteiger partial charge on any atom is -0.344 e. The first-order valence-corrected chi connectivity index (χ1v) is 24.9. The van der Waals surface area contributed by atoms with Gasteiger partial charge in [0.25, 0.3) is 0 Å². The molecule has 0 saturated heterocycles. The van der Waals surface area contributed by atoms with Crippen LogP contribution in [0, 0.1) is 0 Å². The van der Waals surface area contributed by atoms with Gasteiger partial charge in [-0.2, -0.15) is 0 Å². The first kappa shape index (κ1) is 44.6. The first-order valence-electron chi connectivity index (χ1n) is 24.9. The van der Waals surface area contributed by atoms with E-state index in [1.807, 2.05) is 0 Å². The molecular weight excluding hydrogens is 887 g/mol. The van der Waals surface area contributed by atoms with Crippen LogP contribution in [0.4, 0.5) is 79.6 Å². The molecular formula is C68H53N5. The standard InChI is InChI=1S/C68H53N5/c1-69(52-27-11-3-12-28-52)65-49-62(50-66-68(65)67(51-25-9-2-10-26-51)63-39-23-24-40-64(63)73(66)57-37-21-8-22-38-57)72(60-45-41-58(42-46-60)70(53-29-13-4-14-30-53)54-31-15-5-16-32-54)61-47-43-59(44-48-61)71(55-33-17-6-18-34-55)56-35-19-7-20-36-56/h2-50,67H,1H3. The summed E-state index contributed by atoms with van der Waals surface area (Å²) in [7, 11) is 2.21. The first-order chi connectivity index (χ1) is 36.2. The summed E-state index contributed by atoms with van der Waals surface area (Å²) in [5.41, 5.74) is 18.9. The number of para-hydroxylation sites is 7. The average molecular weight is 940 g/mol. The third-order valence-corrected chi connectivity index (χ3v) is 13.8. The molecule has 0 bridgehead atoms. The second kappa shape index (κ2) is 20.0. The van der Waals surface area contributed by atoms with Crippen molar-refractivity contribution in [1.82, 2.24) is 0 Å². The number of nitrogens with zero attached hydrogens (tertiary/aromatic N) is 5.